The number of alkyl halides is 3. The molecule has 7 nitrogen and oxygen atoms in total. The second-order valence-corrected chi connectivity index (χ2v) is 16.6. The Balaban J connectivity index is 1.26. The number of hydrogen-bond acceptors (Lipinski definition) is 7. The number of benzene rings is 2. The van der Waals surface area contributed by atoms with E-state index in [2.05, 4.69) is 13.8 Å². The summed E-state index contributed by atoms with van der Waals surface area (Å²) in [6.07, 6.45) is 6.91. The first-order chi connectivity index (χ1) is 24.4. The largest absolute Gasteiger partial charge is 0.437 e. The maximum atomic E-state index is 14.6. The van der Waals surface area contributed by atoms with E-state index in [4.69, 9.17) is 39.5 Å². The summed E-state index contributed by atoms with van der Waals surface area (Å²) in [6, 6.07) is 15.3. The van der Waals surface area contributed by atoms with E-state index in [9.17, 15) is 24.3 Å². The number of carbonyl (C=O) groups excluding carboxylic acids is 4. The first-order valence-electron chi connectivity index (χ1n) is 18.3. The van der Waals surface area contributed by atoms with Gasteiger partial charge in [-0.2, -0.15) is 0 Å². The highest BCUT2D eigenvalue weighted by molar-refractivity contribution is 6.33. The Hall–Kier alpha value is -2.71. The van der Waals surface area contributed by atoms with Crippen molar-refractivity contribution in [2.75, 3.05) is 29.7 Å². The Kier molecular flexibility index (Phi) is 11.7. The monoisotopic (exact) mass is 755 g/mol. The van der Waals surface area contributed by atoms with Gasteiger partial charge in [0.1, 0.15) is 12.0 Å². The Labute approximate surface area is 316 Å². The molecule has 3 fully saturated rings. The molecule has 6 rings (SSSR count). The minimum atomic E-state index is -1.71. The van der Waals surface area contributed by atoms with Crippen LogP contribution in [0.25, 0.3) is 0 Å². The zero-order valence-corrected chi connectivity index (χ0v) is 31.6. The van der Waals surface area contributed by atoms with Crippen LogP contribution in [-0.2, 0) is 19.1 Å². The van der Waals surface area contributed by atoms with E-state index >= 15 is 0 Å². The normalized spacial score (nSPS) is 30.2. The molecule has 0 aromatic heterocycles. The fourth-order valence-electron chi connectivity index (χ4n) is 10.3. The molecule has 0 radical (unpaired) electrons. The zero-order valence-electron chi connectivity index (χ0n) is 29.4. The Morgan fingerprint density at radius 1 is 0.902 bits per heavy atom. The van der Waals surface area contributed by atoms with Crippen LogP contribution in [0.5, 0.6) is 0 Å². The molecular weight excluding hydrogens is 709 g/mol. The molecular formula is C41H48Cl3NO6. The van der Waals surface area contributed by atoms with Crippen LogP contribution in [0, 0.1) is 34.5 Å². The van der Waals surface area contributed by atoms with Gasteiger partial charge in [-0.25, -0.2) is 0 Å². The molecule has 2 aromatic carbocycles. The molecule has 0 heterocycles. The summed E-state index contributed by atoms with van der Waals surface area (Å²) in [7, 11) is 0. The van der Waals surface area contributed by atoms with Crippen molar-refractivity contribution in [1.82, 2.24) is 0 Å². The van der Waals surface area contributed by atoms with Crippen molar-refractivity contribution in [3.63, 3.8) is 0 Å². The van der Waals surface area contributed by atoms with Gasteiger partial charge in [0, 0.05) is 48.4 Å². The van der Waals surface area contributed by atoms with Gasteiger partial charge < -0.3 is 14.7 Å². The summed E-state index contributed by atoms with van der Waals surface area (Å²) in [5.41, 5.74) is 0.826. The lowest BCUT2D eigenvalue weighted by Crippen LogP contribution is -2.52. The molecule has 0 aliphatic heterocycles. The number of anilines is 1. The van der Waals surface area contributed by atoms with Crippen molar-refractivity contribution in [2.45, 2.75) is 82.8 Å². The van der Waals surface area contributed by atoms with Crippen molar-refractivity contribution in [1.29, 1.82) is 0 Å². The molecule has 9 atom stereocenters. The van der Waals surface area contributed by atoms with Gasteiger partial charge in [0.15, 0.2) is 11.6 Å². The quantitative estimate of drug-likeness (QED) is 0.125. The number of ether oxygens (including phenoxy) is 1. The number of aliphatic hydroxyl groups is 1. The van der Waals surface area contributed by atoms with Gasteiger partial charge >= 0.3 is 5.97 Å². The molecule has 4 aliphatic carbocycles. The van der Waals surface area contributed by atoms with Gasteiger partial charge in [0.05, 0.1) is 0 Å². The van der Waals surface area contributed by atoms with E-state index in [0.717, 1.165) is 44.2 Å². The van der Waals surface area contributed by atoms with E-state index < -0.39 is 35.3 Å². The van der Waals surface area contributed by atoms with E-state index in [1.165, 1.54) is 5.57 Å². The van der Waals surface area contributed by atoms with E-state index in [0.29, 0.717) is 61.0 Å². The summed E-state index contributed by atoms with van der Waals surface area (Å²) < 4.78 is 5.53. The summed E-state index contributed by atoms with van der Waals surface area (Å²) in [5.74, 6) is -1.51. The number of rotatable bonds is 13. The fraction of sp³-hybridized carbons (Fsp3) is 0.561. The highest BCUT2D eigenvalue weighted by atomic mass is 35.5. The van der Waals surface area contributed by atoms with Gasteiger partial charge in [0.2, 0.25) is 11.3 Å². The lowest BCUT2D eigenvalue weighted by Gasteiger charge is -2.58. The van der Waals surface area contributed by atoms with Crippen molar-refractivity contribution in [3.05, 3.63) is 77.4 Å². The van der Waals surface area contributed by atoms with Gasteiger partial charge in [-0.15, -0.1) is 23.2 Å². The average Bonchev–Trinajstić information content (AvgIpc) is 3.49. The molecule has 0 saturated heterocycles. The highest BCUT2D eigenvalue weighted by Crippen LogP contribution is 2.67. The van der Waals surface area contributed by atoms with Crippen molar-refractivity contribution < 1.29 is 29.0 Å². The standard InChI is InChI=1S/C41H48Cl3NO6/c1-40-18-16-29(46)24-27(40)10-13-30-31-14-15-33(41(31,2)19-17-32(30)40)36(48)37(49)34(25-8-11-28(12-9-25)45(22-20-42)23-21-43)39(50)51-38(44)35(47)26-6-4-3-5-7-26/h3-9,11-12,24,30-34,37-38,49H,10,13-23H2,1-2H3/t30-,31-,32-,33+,34?,37?,38?,40-,41-/m0/s1. The number of hydrogen-bond donors (Lipinski definition) is 1. The van der Waals surface area contributed by atoms with Crippen LogP contribution in [-0.4, -0.2) is 64.9 Å². The van der Waals surface area contributed by atoms with Gasteiger partial charge in [-0.05, 0) is 97.3 Å². The second kappa shape index (κ2) is 15.7. The number of Topliss-reactive ketones (excluding diaryl/α,β-unsaturated/α-hetero) is 2. The van der Waals surface area contributed by atoms with Crippen molar-refractivity contribution >= 4 is 63.8 Å². The highest BCUT2D eigenvalue weighted by Gasteiger charge is 2.61. The molecule has 3 unspecified atom stereocenters. The number of ketones is 3. The summed E-state index contributed by atoms with van der Waals surface area (Å²) >= 11 is 18.4. The maximum absolute atomic E-state index is 14.6. The molecule has 10 heteroatoms. The number of esters is 1. The topological polar surface area (TPSA) is 101 Å². The first-order valence-corrected chi connectivity index (χ1v) is 19.8. The van der Waals surface area contributed by atoms with E-state index in [1.54, 1.807) is 54.6 Å². The molecule has 4 aliphatic rings. The predicted molar refractivity (Wildman–Crippen MR) is 201 cm³/mol. The number of allylic oxidation sites excluding steroid dienone is 1. The minimum Gasteiger partial charge on any atom is -0.437 e. The first kappa shape index (κ1) is 38.0. The summed E-state index contributed by atoms with van der Waals surface area (Å²) in [6.45, 7) is 5.67. The summed E-state index contributed by atoms with van der Waals surface area (Å²) in [5, 5.41) is 12.0. The van der Waals surface area contributed by atoms with Gasteiger partial charge in [-0.1, -0.05) is 73.5 Å². The SMILES string of the molecule is C[C@]12CC[C@H]3[C@@H](CCC4=CC(=O)CC[C@@]43C)[C@@H]1CC[C@@H]2C(=O)C(O)C(C(=O)OC(Cl)C(=O)c1ccccc1)c1ccc(N(CCCl)CCCl)cc1. The third-order valence-corrected chi connectivity index (χ3v) is 13.6. The van der Waals surface area contributed by atoms with Crippen molar-refractivity contribution in [3.8, 4) is 0 Å². The van der Waals surface area contributed by atoms with E-state index in [1.807, 2.05) is 11.0 Å². The molecule has 1 N–H and O–H groups in total. The number of fused-ring (bicyclic) bond motifs is 5. The third kappa shape index (κ3) is 7.30. The predicted octanol–water partition coefficient (Wildman–Crippen LogP) is 8.12. The molecule has 2 aromatic rings. The fourth-order valence-corrected chi connectivity index (χ4v) is 10.9. The summed E-state index contributed by atoms with van der Waals surface area (Å²) in [4.78, 5) is 55.9. The van der Waals surface area contributed by atoms with Gasteiger partial charge in [-0.3, -0.25) is 19.2 Å². The van der Waals surface area contributed by atoms with Crippen LogP contribution in [0.3, 0.4) is 0 Å². The third-order valence-electron chi connectivity index (χ3n) is 13.0. The van der Waals surface area contributed by atoms with Crippen LogP contribution in [0.1, 0.15) is 87.1 Å². The Morgan fingerprint density at radius 3 is 2.25 bits per heavy atom. The van der Waals surface area contributed by atoms with Gasteiger partial charge in [0.25, 0.3) is 0 Å². The lowest BCUT2D eigenvalue weighted by atomic mass is 9.46. The van der Waals surface area contributed by atoms with Crippen molar-refractivity contribution in [2.24, 2.45) is 34.5 Å². The smallest absolute Gasteiger partial charge is 0.318 e. The second-order valence-electron chi connectivity index (χ2n) is 15.4. The van der Waals surface area contributed by atoms with Crippen LogP contribution in [0.2, 0.25) is 0 Å². The van der Waals surface area contributed by atoms with Crippen LogP contribution in [0.15, 0.2) is 66.2 Å². The number of aliphatic hydroxyl groups excluding tert-OH is 1. The Bertz CT molecular complexity index is 1640. The minimum absolute atomic E-state index is 0.0131. The molecule has 0 spiro atoms. The van der Waals surface area contributed by atoms with E-state index in [-0.39, 0.29) is 28.0 Å². The van der Waals surface area contributed by atoms with Crippen LogP contribution in [0.4, 0.5) is 5.69 Å². The molecule has 3 saturated carbocycles. The van der Waals surface area contributed by atoms with Crippen LogP contribution < -0.4 is 4.90 Å². The number of halogens is 3. The molecule has 0 bridgehead atoms. The molecule has 51 heavy (non-hydrogen) atoms. The van der Waals surface area contributed by atoms with Crippen LogP contribution >= 0.6 is 34.8 Å². The lowest BCUT2D eigenvalue weighted by molar-refractivity contribution is -0.154. The maximum Gasteiger partial charge on any atom is 0.318 e. The number of carbonyl (C=O) groups is 4. The Morgan fingerprint density at radius 2 is 1.59 bits per heavy atom. The zero-order chi connectivity index (χ0) is 36.5. The molecule has 274 valence electrons. The number of nitrogens with zero attached hydrogens (tertiary/aromatic N) is 1. The average molecular weight is 757 g/mol. The molecule has 0 amide bonds.